The van der Waals surface area contributed by atoms with Gasteiger partial charge in [-0.25, -0.2) is 4.79 Å². The van der Waals surface area contributed by atoms with E-state index in [1.165, 1.54) is 0 Å². The van der Waals surface area contributed by atoms with Crippen molar-refractivity contribution in [1.29, 1.82) is 5.26 Å². The van der Waals surface area contributed by atoms with Crippen LogP contribution in [0.1, 0.15) is 37.7 Å². The molecule has 41 heavy (non-hydrogen) atoms. The molecule has 2 aliphatic carbocycles. The maximum Gasteiger partial charge on any atom is 0.407 e. The Kier molecular flexibility index (Phi) is 15.2. The van der Waals surface area contributed by atoms with Crippen LogP contribution in [0.4, 0.5) is 10.5 Å². The van der Waals surface area contributed by atoms with Crippen molar-refractivity contribution in [3.8, 4) is 29.8 Å². The van der Waals surface area contributed by atoms with E-state index < -0.39 is 6.09 Å². The molecule has 1 aromatic rings. The second-order valence-electron chi connectivity index (χ2n) is 9.63. The van der Waals surface area contributed by atoms with Crippen LogP contribution in [0.5, 0.6) is 0 Å². The van der Waals surface area contributed by atoms with Gasteiger partial charge in [0, 0.05) is 36.6 Å². The molecule has 2 aliphatic rings. The molecular formula is C31H39N3O7. The summed E-state index contributed by atoms with van der Waals surface area (Å²) in [5.74, 6) is 13.1. The van der Waals surface area contributed by atoms with Gasteiger partial charge in [-0.2, -0.15) is 5.26 Å². The Balaban J connectivity index is 1.03. The molecule has 1 aromatic carbocycles. The molecule has 3 atom stereocenters. The molecule has 0 aliphatic heterocycles. The number of hydrogen-bond acceptors (Lipinski definition) is 8. The molecule has 1 saturated carbocycles. The zero-order valence-corrected chi connectivity index (χ0v) is 23.5. The number of carbonyl (C=O) groups excluding carboxylic acids is 2. The van der Waals surface area contributed by atoms with E-state index in [9.17, 15) is 9.59 Å². The van der Waals surface area contributed by atoms with E-state index >= 15 is 0 Å². The highest BCUT2D eigenvalue weighted by atomic mass is 16.6. The number of amides is 2. The summed E-state index contributed by atoms with van der Waals surface area (Å²) in [6.07, 6.45) is 3.99. The zero-order chi connectivity index (χ0) is 29.0. The second kappa shape index (κ2) is 19.5. The predicted molar refractivity (Wildman–Crippen MR) is 152 cm³/mol. The van der Waals surface area contributed by atoms with Crippen LogP contribution < -0.4 is 10.6 Å². The normalized spacial score (nSPS) is 18.6. The van der Waals surface area contributed by atoms with Gasteiger partial charge in [0.15, 0.2) is 6.07 Å². The van der Waals surface area contributed by atoms with Gasteiger partial charge in [0.25, 0.3) is 0 Å². The number of nitrogens with one attached hydrogen (secondary N) is 2. The molecule has 2 N–H and O–H groups in total. The van der Waals surface area contributed by atoms with Crippen molar-refractivity contribution in [1.82, 2.24) is 5.32 Å². The lowest BCUT2D eigenvalue weighted by Gasteiger charge is -2.09. The zero-order valence-electron chi connectivity index (χ0n) is 23.5. The first kappa shape index (κ1) is 31.9. The van der Waals surface area contributed by atoms with Crippen molar-refractivity contribution in [3.63, 3.8) is 0 Å². The minimum atomic E-state index is -0.393. The quantitative estimate of drug-likeness (QED) is 0.205. The van der Waals surface area contributed by atoms with Crippen LogP contribution in [-0.2, 0) is 28.5 Å². The summed E-state index contributed by atoms with van der Waals surface area (Å²) in [6.45, 7) is 4.08. The van der Waals surface area contributed by atoms with Gasteiger partial charge in [-0.1, -0.05) is 5.92 Å². The number of carbonyl (C=O) groups is 2. The van der Waals surface area contributed by atoms with E-state index in [0.717, 1.165) is 25.7 Å². The first-order valence-electron chi connectivity index (χ1n) is 14.1. The highest BCUT2D eigenvalue weighted by molar-refractivity contribution is 5.90. The molecule has 0 bridgehead atoms. The van der Waals surface area contributed by atoms with Crippen LogP contribution >= 0.6 is 0 Å². The molecule has 0 radical (unpaired) electrons. The molecule has 3 rings (SSSR count). The molecule has 1 unspecified atom stereocenters. The lowest BCUT2D eigenvalue weighted by molar-refractivity contribution is -0.117. The largest absolute Gasteiger partial charge is 0.449 e. The van der Waals surface area contributed by atoms with Crippen molar-refractivity contribution < 1.29 is 33.3 Å². The van der Waals surface area contributed by atoms with Gasteiger partial charge in [0.2, 0.25) is 5.91 Å². The first-order chi connectivity index (χ1) is 20.2. The van der Waals surface area contributed by atoms with E-state index in [4.69, 9.17) is 28.9 Å². The smallest absolute Gasteiger partial charge is 0.407 e. The van der Waals surface area contributed by atoms with E-state index in [1.54, 1.807) is 30.3 Å². The Bertz CT molecular complexity index is 1090. The highest BCUT2D eigenvalue weighted by Crippen LogP contribution is 2.52. The summed E-state index contributed by atoms with van der Waals surface area (Å²) in [6, 6.07) is 8.70. The Morgan fingerprint density at radius 1 is 0.854 bits per heavy atom. The van der Waals surface area contributed by atoms with Crippen molar-refractivity contribution in [2.75, 3.05) is 71.3 Å². The van der Waals surface area contributed by atoms with Gasteiger partial charge in [-0.15, -0.1) is 11.8 Å². The second-order valence-corrected chi connectivity index (χ2v) is 9.63. The summed E-state index contributed by atoms with van der Waals surface area (Å²) in [7, 11) is 0. The van der Waals surface area contributed by atoms with Gasteiger partial charge in [-0.05, 0) is 54.9 Å². The fourth-order valence-corrected chi connectivity index (χ4v) is 4.62. The lowest BCUT2D eigenvalue weighted by atomic mass is 10.1. The number of fused-ring (bicyclic) bond motifs is 1. The van der Waals surface area contributed by atoms with Crippen molar-refractivity contribution >= 4 is 17.7 Å². The third kappa shape index (κ3) is 13.5. The van der Waals surface area contributed by atoms with Crippen LogP contribution in [-0.4, -0.2) is 78.0 Å². The van der Waals surface area contributed by atoms with E-state index in [1.807, 2.05) is 0 Å². The Morgan fingerprint density at radius 2 is 1.44 bits per heavy atom. The van der Waals surface area contributed by atoms with Gasteiger partial charge >= 0.3 is 6.09 Å². The maximum absolute atomic E-state index is 12.0. The fourth-order valence-electron chi connectivity index (χ4n) is 4.62. The van der Waals surface area contributed by atoms with Crippen LogP contribution in [0, 0.1) is 52.8 Å². The number of nitriles is 1. The SMILES string of the molecule is N#CC#Cc1ccc(NC(=O)CCOCCOCCOCCOCCNC(=O)OCC2[C@H]3CCC#CCC[C@@H]23)cc1. The Hall–Kier alpha value is -3.59. The molecule has 0 heterocycles. The molecule has 10 nitrogen and oxygen atoms in total. The summed E-state index contributed by atoms with van der Waals surface area (Å²) in [5, 5.41) is 14.0. The molecule has 2 amide bonds. The van der Waals surface area contributed by atoms with Crippen molar-refractivity contribution in [2.45, 2.75) is 32.1 Å². The number of anilines is 1. The van der Waals surface area contributed by atoms with Gasteiger partial charge in [-0.3, -0.25) is 4.79 Å². The minimum absolute atomic E-state index is 0.152. The monoisotopic (exact) mass is 565 g/mol. The van der Waals surface area contributed by atoms with Crippen LogP contribution in [0.3, 0.4) is 0 Å². The average molecular weight is 566 g/mol. The van der Waals surface area contributed by atoms with E-state index in [-0.39, 0.29) is 12.3 Å². The van der Waals surface area contributed by atoms with Crippen molar-refractivity contribution in [2.24, 2.45) is 17.8 Å². The van der Waals surface area contributed by atoms with E-state index in [0.29, 0.717) is 95.0 Å². The number of nitrogens with zero attached hydrogens (tertiary/aromatic N) is 1. The Morgan fingerprint density at radius 3 is 2.05 bits per heavy atom. The fraction of sp³-hybridized carbons (Fsp3) is 0.581. The molecule has 0 saturated heterocycles. The molecule has 10 heteroatoms. The van der Waals surface area contributed by atoms with Crippen molar-refractivity contribution in [3.05, 3.63) is 29.8 Å². The summed E-state index contributed by atoms with van der Waals surface area (Å²) in [5.41, 5.74) is 1.36. The molecule has 1 fully saturated rings. The molecular weight excluding hydrogens is 526 g/mol. The van der Waals surface area contributed by atoms with Crippen LogP contribution in [0.15, 0.2) is 24.3 Å². The minimum Gasteiger partial charge on any atom is -0.449 e. The number of hydrogen-bond donors (Lipinski definition) is 2. The average Bonchev–Trinajstić information content (AvgIpc) is 3.62. The van der Waals surface area contributed by atoms with Gasteiger partial charge in [0.05, 0.1) is 65.9 Å². The lowest BCUT2D eigenvalue weighted by Crippen LogP contribution is -2.29. The predicted octanol–water partition coefficient (Wildman–Crippen LogP) is 3.12. The number of benzene rings is 1. The maximum atomic E-state index is 12.0. The highest BCUT2D eigenvalue weighted by Gasteiger charge is 2.49. The third-order valence-electron chi connectivity index (χ3n) is 6.78. The van der Waals surface area contributed by atoms with Crippen LogP contribution in [0.2, 0.25) is 0 Å². The summed E-state index contributed by atoms with van der Waals surface area (Å²) in [4.78, 5) is 23.9. The first-order valence-corrected chi connectivity index (χ1v) is 14.1. The van der Waals surface area contributed by atoms with Gasteiger partial charge in [0.1, 0.15) is 0 Å². The molecule has 0 aromatic heterocycles. The summed E-state index contributed by atoms with van der Waals surface area (Å²) < 4.78 is 27.2. The van der Waals surface area contributed by atoms with E-state index in [2.05, 4.69) is 34.3 Å². The van der Waals surface area contributed by atoms with Gasteiger partial charge < -0.3 is 34.3 Å². The molecule has 0 spiro atoms. The standard InChI is InChI=1S/C31H39N3O7/c32-14-5-6-25-9-11-26(12-10-25)34-30(35)13-16-37-18-20-39-22-23-40-21-19-38-17-15-33-31(36)41-24-29-27-7-3-1-2-4-8-28(27)29/h9-12,27-29H,3-4,7-8,13,15-24H2,(H,33,36)(H,34,35)/t27-,28+,29?. The number of rotatable bonds is 18. The number of ether oxygens (including phenoxy) is 5. The third-order valence-corrected chi connectivity index (χ3v) is 6.78. The van der Waals surface area contributed by atoms with Crippen LogP contribution in [0.25, 0.3) is 0 Å². The topological polar surface area (TPSA) is 128 Å². The summed E-state index contributed by atoms with van der Waals surface area (Å²) >= 11 is 0. The Labute approximate surface area is 242 Å². The number of alkyl carbamates (subject to hydrolysis) is 1. The molecule has 220 valence electrons.